The van der Waals surface area contributed by atoms with E-state index in [0.717, 1.165) is 0 Å². The maximum atomic E-state index is 8.22. The average molecular weight is 70.1 g/mol. The molecule has 1 heterocycles. The fraction of sp³-hybridized carbons (Fsp3) is 0.333. The number of rotatable bonds is 0. The van der Waals surface area contributed by atoms with Crippen LogP contribution in [0.5, 0.6) is 0 Å². The molecule has 0 bridgehead atoms. The molecule has 0 amide bonds. The van der Waals surface area contributed by atoms with E-state index in [0.29, 0.717) is 12.3 Å². The lowest BCUT2D eigenvalue weighted by molar-refractivity contribution is 0.364. The van der Waals surface area contributed by atoms with Crippen LogP contribution >= 0.6 is 0 Å². The number of aliphatic hydroxyl groups excluding tert-OH is 1. The van der Waals surface area contributed by atoms with Gasteiger partial charge in [0.25, 0.3) is 0 Å². The molecule has 2 nitrogen and oxygen atoms in total. The van der Waals surface area contributed by atoms with Gasteiger partial charge in [0.1, 0.15) is 5.76 Å². The minimum atomic E-state index is 0.394. The molecule has 0 atom stereocenters. The second-order valence-electron chi connectivity index (χ2n) is 0.961. The van der Waals surface area contributed by atoms with E-state index in [1.165, 1.54) is 6.20 Å². The zero-order valence-corrected chi connectivity index (χ0v) is 2.68. The monoisotopic (exact) mass is 70.0 g/mol. The zero-order valence-electron chi connectivity index (χ0n) is 2.68. The van der Waals surface area contributed by atoms with Gasteiger partial charge in [0.05, 0.1) is 12.7 Å². The van der Waals surface area contributed by atoms with E-state index >= 15 is 0 Å². The molecule has 0 fully saturated rings. The molecule has 1 rings (SSSR count). The predicted octanol–water partition coefficient (Wildman–Crippen LogP) is 0.00380. The lowest BCUT2D eigenvalue weighted by Gasteiger charge is -2.03. The van der Waals surface area contributed by atoms with Gasteiger partial charge in [0.15, 0.2) is 0 Å². The molecular weight excluding hydrogens is 66.0 g/mol. The Morgan fingerprint density at radius 1 is 2.00 bits per heavy atom. The largest absolute Gasteiger partial charge is 0.509 e. The summed E-state index contributed by atoms with van der Waals surface area (Å²) in [5.74, 6) is 0.394. The van der Waals surface area contributed by atoms with Crippen LogP contribution in [0.2, 0.25) is 0 Å². The fourth-order valence-corrected chi connectivity index (χ4v) is 0.173. The lowest BCUT2D eigenvalue weighted by atomic mass is 10.4. The summed E-state index contributed by atoms with van der Waals surface area (Å²) in [6.07, 6.45) is 1.44. The number of aliphatic hydroxyl groups is 1. The van der Waals surface area contributed by atoms with Gasteiger partial charge in [-0.1, -0.05) is 0 Å². The van der Waals surface area contributed by atoms with Crippen LogP contribution in [0.25, 0.3) is 0 Å². The van der Waals surface area contributed by atoms with Crippen molar-refractivity contribution >= 4 is 0 Å². The molecule has 27 valence electrons. The molecule has 0 aromatic carbocycles. The lowest BCUT2D eigenvalue weighted by Crippen LogP contribution is -2.13. The van der Waals surface area contributed by atoms with Crippen LogP contribution in [0.4, 0.5) is 0 Å². The molecule has 2 heteroatoms. The number of hydrogen-bond donors (Lipinski definition) is 1. The Morgan fingerprint density at radius 3 is 2.40 bits per heavy atom. The maximum Gasteiger partial charge on any atom is 0.131 e. The molecule has 0 unspecified atom stereocenters. The summed E-state index contributed by atoms with van der Waals surface area (Å²) < 4.78 is 0. The van der Waals surface area contributed by atoms with E-state index in [9.17, 15) is 0 Å². The van der Waals surface area contributed by atoms with E-state index in [2.05, 4.69) is 5.32 Å². The van der Waals surface area contributed by atoms with E-state index in [-0.39, 0.29) is 0 Å². The standard InChI is InChI=1S/C3H4NO/c5-3-1-4-2-3/h1,5H,2H2. The van der Waals surface area contributed by atoms with Crippen molar-refractivity contribution in [2.75, 3.05) is 6.54 Å². The van der Waals surface area contributed by atoms with Gasteiger partial charge in [0.2, 0.25) is 0 Å². The quantitative estimate of drug-likeness (QED) is 0.428. The first-order valence-corrected chi connectivity index (χ1v) is 1.44. The summed E-state index contributed by atoms with van der Waals surface area (Å²) in [6.45, 7) is 0.528. The topological polar surface area (TPSA) is 34.3 Å². The van der Waals surface area contributed by atoms with E-state index in [1.54, 1.807) is 0 Å². The third-order valence-corrected chi connectivity index (χ3v) is 0.494. The van der Waals surface area contributed by atoms with Crippen molar-refractivity contribution in [2.24, 2.45) is 0 Å². The van der Waals surface area contributed by atoms with E-state index in [1.807, 2.05) is 0 Å². The molecule has 0 aromatic rings. The first-order valence-electron chi connectivity index (χ1n) is 1.44. The summed E-state index contributed by atoms with van der Waals surface area (Å²) in [5, 5.41) is 11.8. The van der Waals surface area contributed by atoms with E-state index < -0.39 is 0 Å². The zero-order chi connectivity index (χ0) is 3.70. The Labute approximate surface area is 30.1 Å². The predicted molar refractivity (Wildman–Crippen MR) is 17.7 cm³/mol. The molecule has 0 spiro atoms. The Morgan fingerprint density at radius 2 is 2.40 bits per heavy atom. The Bertz CT molecular complexity index is 67.3. The third kappa shape index (κ3) is 0.210. The third-order valence-electron chi connectivity index (χ3n) is 0.494. The summed E-state index contributed by atoms with van der Waals surface area (Å²) in [6, 6.07) is 0. The van der Waals surface area contributed by atoms with Crippen molar-refractivity contribution in [3.8, 4) is 0 Å². The normalized spacial score (nSPS) is 18.8. The Kier molecular flexibility index (Phi) is 0.330. The minimum Gasteiger partial charge on any atom is -0.509 e. The highest BCUT2D eigenvalue weighted by Gasteiger charge is 1.99. The molecular formula is C3H4NO. The molecule has 5 heavy (non-hydrogen) atoms. The van der Waals surface area contributed by atoms with Gasteiger partial charge in [0, 0.05) is 0 Å². The van der Waals surface area contributed by atoms with Gasteiger partial charge in [-0.2, -0.15) is 0 Å². The SMILES string of the molecule is OC1=C[N]C1. The van der Waals surface area contributed by atoms with Crippen LogP contribution in [0, 0.1) is 0 Å². The van der Waals surface area contributed by atoms with Crippen LogP contribution < -0.4 is 5.32 Å². The van der Waals surface area contributed by atoms with Gasteiger partial charge in [-0.3, -0.25) is 5.32 Å². The average Bonchev–Trinajstić information content (AvgIpc) is 1.30. The first kappa shape index (κ1) is 2.57. The molecule has 1 aliphatic rings. The minimum absolute atomic E-state index is 0.394. The maximum absolute atomic E-state index is 8.22. The highest BCUT2D eigenvalue weighted by Crippen LogP contribution is 1.92. The molecule has 0 aliphatic carbocycles. The molecule has 1 N–H and O–H groups in total. The van der Waals surface area contributed by atoms with Crippen LogP contribution in [0.15, 0.2) is 12.0 Å². The Hall–Kier alpha value is -0.660. The van der Waals surface area contributed by atoms with Crippen molar-refractivity contribution in [1.82, 2.24) is 5.32 Å². The van der Waals surface area contributed by atoms with E-state index in [4.69, 9.17) is 5.11 Å². The Balaban J connectivity index is 2.51. The smallest absolute Gasteiger partial charge is 0.131 e. The number of nitrogens with zero attached hydrogens (tertiary/aromatic N) is 1. The second kappa shape index (κ2) is 0.641. The van der Waals surface area contributed by atoms with Gasteiger partial charge < -0.3 is 5.11 Å². The van der Waals surface area contributed by atoms with Gasteiger partial charge >= 0.3 is 0 Å². The van der Waals surface area contributed by atoms with Crippen LogP contribution in [-0.2, 0) is 0 Å². The van der Waals surface area contributed by atoms with Crippen LogP contribution in [0.3, 0.4) is 0 Å². The summed E-state index contributed by atoms with van der Waals surface area (Å²) in [4.78, 5) is 0. The molecule has 0 saturated carbocycles. The highest BCUT2D eigenvalue weighted by molar-refractivity contribution is 5.01. The molecule has 1 aliphatic heterocycles. The van der Waals surface area contributed by atoms with Gasteiger partial charge in [-0.25, -0.2) is 0 Å². The van der Waals surface area contributed by atoms with Crippen molar-refractivity contribution < 1.29 is 5.11 Å². The van der Waals surface area contributed by atoms with Crippen LogP contribution in [0.1, 0.15) is 0 Å². The second-order valence-corrected chi connectivity index (χ2v) is 0.961. The summed E-state index contributed by atoms with van der Waals surface area (Å²) >= 11 is 0. The molecule has 1 radical (unpaired) electrons. The van der Waals surface area contributed by atoms with Crippen molar-refractivity contribution in [3.63, 3.8) is 0 Å². The first-order chi connectivity index (χ1) is 2.39. The van der Waals surface area contributed by atoms with Crippen molar-refractivity contribution in [1.29, 1.82) is 0 Å². The fourth-order valence-electron chi connectivity index (χ4n) is 0.173. The van der Waals surface area contributed by atoms with Gasteiger partial charge in [-0.05, 0) is 0 Å². The van der Waals surface area contributed by atoms with Crippen molar-refractivity contribution in [2.45, 2.75) is 0 Å². The number of hydrogen-bond acceptors (Lipinski definition) is 1. The van der Waals surface area contributed by atoms with Crippen LogP contribution in [-0.4, -0.2) is 11.7 Å². The van der Waals surface area contributed by atoms with Gasteiger partial charge in [-0.15, -0.1) is 0 Å². The molecule has 0 saturated heterocycles. The van der Waals surface area contributed by atoms with Crippen molar-refractivity contribution in [3.05, 3.63) is 12.0 Å². The summed E-state index contributed by atoms with van der Waals surface area (Å²) in [5.41, 5.74) is 0. The highest BCUT2D eigenvalue weighted by atomic mass is 16.3. The summed E-state index contributed by atoms with van der Waals surface area (Å²) in [7, 11) is 0. The molecule has 0 aromatic heterocycles.